The highest BCUT2D eigenvalue weighted by Gasteiger charge is 2.46. The zero-order valence-corrected chi connectivity index (χ0v) is 21.8. The molecular weight excluding hydrogens is 509 g/mol. The Morgan fingerprint density at radius 2 is 1.70 bits per heavy atom. The van der Waals surface area contributed by atoms with Gasteiger partial charge < -0.3 is 9.84 Å². The van der Waals surface area contributed by atoms with Gasteiger partial charge in [0.1, 0.15) is 11.4 Å². The Labute approximate surface area is 215 Å². The number of carbonyl (C=O) groups is 1. The average molecular weight is 541 g/mol. The fraction of sp³-hybridized carbons (Fsp3) is 0.462. The molecule has 1 unspecified atom stereocenters. The van der Waals surface area contributed by atoms with Crippen LogP contribution in [0.1, 0.15) is 64.9 Å². The van der Waals surface area contributed by atoms with Gasteiger partial charge in [-0.2, -0.15) is 21.6 Å². The number of esters is 1. The van der Waals surface area contributed by atoms with Crippen LogP contribution >= 0.6 is 0 Å². The molecule has 1 N–H and O–H groups in total. The number of rotatable bonds is 10. The minimum atomic E-state index is -4.69. The van der Waals surface area contributed by atoms with E-state index >= 15 is 0 Å². The number of aliphatic hydroxyl groups excluding tert-OH is 1. The van der Waals surface area contributed by atoms with Crippen molar-refractivity contribution in [1.29, 1.82) is 0 Å². The van der Waals surface area contributed by atoms with Gasteiger partial charge in [0.2, 0.25) is 0 Å². The average Bonchev–Trinajstić information content (AvgIpc) is 2.83. The number of sulfonamides is 1. The summed E-state index contributed by atoms with van der Waals surface area (Å²) < 4.78 is 73.5. The van der Waals surface area contributed by atoms with Crippen LogP contribution in [0.5, 0.6) is 0 Å². The molecule has 7 nitrogen and oxygen atoms in total. The Balaban J connectivity index is 2.15. The molecule has 0 saturated heterocycles. The van der Waals surface area contributed by atoms with Crippen molar-refractivity contribution in [2.24, 2.45) is 0 Å². The van der Waals surface area contributed by atoms with Crippen molar-refractivity contribution < 1.29 is 36.2 Å². The summed E-state index contributed by atoms with van der Waals surface area (Å²) in [5.41, 5.74) is -2.00. The zero-order chi connectivity index (χ0) is 27.4. The van der Waals surface area contributed by atoms with E-state index in [4.69, 9.17) is 4.74 Å². The second-order valence-electron chi connectivity index (χ2n) is 9.05. The number of carbonyl (C=O) groups excluding carboxylic acids is 1. The van der Waals surface area contributed by atoms with Crippen LogP contribution in [0.2, 0.25) is 0 Å². The third kappa shape index (κ3) is 5.92. The highest BCUT2D eigenvalue weighted by Crippen LogP contribution is 2.40. The Kier molecular flexibility index (Phi) is 8.56. The molecule has 202 valence electrons. The van der Waals surface area contributed by atoms with E-state index in [-0.39, 0.29) is 29.9 Å². The molecule has 1 aromatic heterocycles. The van der Waals surface area contributed by atoms with Crippen molar-refractivity contribution in [2.75, 3.05) is 4.31 Å². The van der Waals surface area contributed by atoms with Gasteiger partial charge in [-0.05, 0) is 43.5 Å². The lowest BCUT2D eigenvalue weighted by Crippen LogP contribution is -2.48. The monoisotopic (exact) mass is 540 g/mol. The third-order valence-electron chi connectivity index (χ3n) is 6.34. The topological polar surface area (TPSA) is 96.8 Å². The van der Waals surface area contributed by atoms with Crippen molar-refractivity contribution in [3.8, 4) is 0 Å². The molecule has 0 spiro atoms. The van der Waals surface area contributed by atoms with Crippen LogP contribution in [0, 0.1) is 0 Å². The van der Waals surface area contributed by atoms with E-state index in [1.54, 1.807) is 25.1 Å². The Hall–Kier alpha value is -3.08. The third-order valence-corrected chi connectivity index (χ3v) is 8.09. The summed E-state index contributed by atoms with van der Waals surface area (Å²) in [7, 11) is -4.57. The molecule has 1 aliphatic rings. The van der Waals surface area contributed by atoms with Crippen molar-refractivity contribution in [2.45, 2.75) is 82.1 Å². The van der Waals surface area contributed by atoms with Gasteiger partial charge in [0, 0.05) is 12.6 Å². The van der Waals surface area contributed by atoms with Crippen LogP contribution in [0.25, 0.3) is 0 Å². The summed E-state index contributed by atoms with van der Waals surface area (Å²) >= 11 is 0. The standard InChI is InChI=1S/C26H31F3N2O5S/c1-4-14-25(15-5-2)16-21(32)23(24(33)36-25)20(6-3)31(19-10-8-7-9-11-19)37(34,35)22-13-12-18(17-30-22)26(27,28)29/h7-13,17,20,32H,4-6,14-16H2,1-3H3. The highest BCUT2D eigenvalue weighted by molar-refractivity contribution is 7.92. The van der Waals surface area contributed by atoms with Crippen LogP contribution in [-0.2, 0) is 25.7 Å². The fourth-order valence-electron chi connectivity index (χ4n) is 4.80. The minimum Gasteiger partial charge on any atom is -0.512 e. The predicted octanol–water partition coefficient (Wildman–Crippen LogP) is 6.17. The Morgan fingerprint density at radius 3 is 2.16 bits per heavy atom. The first-order valence-corrected chi connectivity index (χ1v) is 13.6. The maximum atomic E-state index is 13.8. The van der Waals surface area contributed by atoms with Crippen LogP contribution < -0.4 is 4.31 Å². The summed E-state index contributed by atoms with van der Waals surface area (Å²) in [6.45, 7) is 5.53. The summed E-state index contributed by atoms with van der Waals surface area (Å²) in [5, 5.41) is 10.5. The second-order valence-corrected chi connectivity index (χ2v) is 10.8. The van der Waals surface area contributed by atoms with Gasteiger partial charge in [0.15, 0.2) is 5.03 Å². The normalized spacial score (nSPS) is 16.9. The van der Waals surface area contributed by atoms with Gasteiger partial charge in [0.05, 0.1) is 22.9 Å². The molecule has 0 radical (unpaired) electrons. The largest absolute Gasteiger partial charge is 0.512 e. The number of anilines is 1. The van der Waals surface area contributed by atoms with E-state index in [1.165, 1.54) is 12.1 Å². The molecule has 1 aliphatic heterocycles. The van der Waals surface area contributed by atoms with E-state index in [0.29, 0.717) is 25.1 Å². The Morgan fingerprint density at radius 1 is 1.08 bits per heavy atom. The first kappa shape index (κ1) is 28.5. The molecular formula is C26H31F3N2O5S. The molecule has 0 saturated carbocycles. The number of nitrogens with zero attached hydrogens (tertiary/aromatic N) is 2. The van der Waals surface area contributed by atoms with E-state index in [0.717, 1.165) is 23.2 Å². The van der Waals surface area contributed by atoms with Gasteiger partial charge >= 0.3 is 12.1 Å². The fourth-order valence-corrected chi connectivity index (χ4v) is 6.42. The zero-order valence-electron chi connectivity index (χ0n) is 21.0. The maximum Gasteiger partial charge on any atom is 0.417 e. The molecule has 1 aromatic carbocycles. The van der Waals surface area contributed by atoms with Gasteiger partial charge in [-0.1, -0.05) is 51.8 Å². The van der Waals surface area contributed by atoms with Gasteiger partial charge in [-0.15, -0.1) is 0 Å². The summed E-state index contributed by atoms with van der Waals surface area (Å²) in [6.07, 6.45) is -1.60. The molecule has 2 aromatic rings. The SMILES string of the molecule is CCCC1(CCC)CC(O)=C(C(CC)N(c2ccccc2)S(=O)(=O)c2ccc(C(F)(F)F)cn2)C(=O)O1. The molecule has 0 fully saturated rings. The maximum absolute atomic E-state index is 13.8. The molecule has 11 heteroatoms. The number of ether oxygens (including phenoxy) is 1. The lowest BCUT2D eigenvalue weighted by atomic mass is 9.84. The predicted molar refractivity (Wildman–Crippen MR) is 132 cm³/mol. The van der Waals surface area contributed by atoms with E-state index in [1.807, 2.05) is 13.8 Å². The van der Waals surface area contributed by atoms with Gasteiger partial charge in [0.25, 0.3) is 10.0 Å². The van der Waals surface area contributed by atoms with Gasteiger partial charge in [-0.3, -0.25) is 4.31 Å². The number of pyridine rings is 1. The van der Waals surface area contributed by atoms with Crippen LogP contribution in [-0.4, -0.2) is 36.1 Å². The number of benzene rings is 1. The Bertz CT molecular complexity index is 1220. The number of halogens is 3. The summed E-state index contributed by atoms with van der Waals surface area (Å²) in [6, 6.07) is 8.06. The lowest BCUT2D eigenvalue weighted by Gasteiger charge is -2.40. The van der Waals surface area contributed by atoms with E-state index < -0.39 is 44.4 Å². The number of para-hydroxylation sites is 1. The van der Waals surface area contributed by atoms with Crippen LogP contribution in [0.4, 0.5) is 18.9 Å². The number of hydrogen-bond acceptors (Lipinski definition) is 6. The molecule has 37 heavy (non-hydrogen) atoms. The van der Waals surface area contributed by atoms with E-state index in [9.17, 15) is 31.5 Å². The number of cyclic esters (lactones) is 1. The molecule has 0 aliphatic carbocycles. The smallest absolute Gasteiger partial charge is 0.417 e. The first-order valence-electron chi connectivity index (χ1n) is 12.2. The van der Waals surface area contributed by atoms with Crippen molar-refractivity contribution >= 4 is 21.7 Å². The first-order chi connectivity index (χ1) is 17.4. The molecule has 1 atom stereocenters. The van der Waals surface area contributed by atoms with Crippen molar-refractivity contribution in [3.05, 3.63) is 65.6 Å². The molecule has 3 rings (SSSR count). The van der Waals surface area contributed by atoms with Gasteiger partial charge in [-0.25, -0.2) is 9.78 Å². The number of aliphatic hydroxyl groups is 1. The highest BCUT2D eigenvalue weighted by atomic mass is 32.2. The lowest BCUT2D eigenvalue weighted by molar-refractivity contribution is -0.161. The minimum absolute atomic E-state index is 0.0491. The number of hydrogen-bond donors (Lipinski definition) is 1. The van der Waals surface area contributed by atoms with Crippen LogP contribution in [0.15, 0.2) is 65.0 Å². The number of alkyl halides is 3. The van der Waals surface area contributed by atoms with Crippen molar-refractivity contribution in [1.82, 2.24) is 4.98 Å². The molecule has 0 amide bonds. The van der Waals surface area contributed by atoms with E-state index in [2.05, 4.69) is 4.98 Å². The molecule has 2 heterocycles. The second kappa shape index (κ2) is 11.1. The molecule has 0 bridgehead atoms. The van der Waals surface area contributed by atoms with Crippen LogP contribution in [0.3, 0.4) is 0 Å². The van der Waals surface area contributed by atoms with Crippen molar-refractivity contribution in [3.63, 3.8) is 0 Å². The summed E-state index contributed by atoms with van der Waals surface area (Å²) in [5.74, 6) is -1.06. The number of aromatic nitrogens is 1. The quantitative estimate of drug-likeness (QED) is 0.362. The summed E-state index contributed by atoms with van der Waals surface area (Å²) in [4.78, 5) is 16.9.